The Morgan fingerprint density at radius 2 is 1.70 bits per heavy atom. The molecule has 2 aromatic carbocycles. The number of hydrogen-bond acceptors (Lipinski definition) is 4. The number of aryl methyl sites for hydroxylation is 1. The summed E-state index contributed by atoms with van der Waals surface area (Å²) in [4.78, 5) is 27.6. The zero-order valence-electron chi connectivity index (χ0n) is 16.1. The first-order chi connectivity index (χ1) is 14.4. The highest BCUT2D eigenvalue weighted by Crippen LogP contribution is 2.26. The van der Waals surface area contributed by atoms with Gasteiger partial charge >= 0.3 is 6.03 Å². The number of rotatable bonds is 5. The molecule has 0 fully saturated rings. The molecule has 0 aliphatic rings. The van der Waals surface area contributed by atoms with Crippen molar-refractivity contribution in [3.63, 3.8) is 0 Å². The molecule has 1 heterocycles. The van der Waals surface area contributed by atoms with Crippen molar-refractivity contribution in [1.29, 1.82) is 0 Å². The average Bonchev–Trinajstić information content (AvgIpc) is 2.72. The monoisotopic (exact) mass is 412 g/mol. The molecule has 0 aliphatic carbocycles. The van der Waals surface area contributed by atoms with Gasteiger partial charge in [-0.1, -0.05) is 0 Å². The number of nitrogens with zero attached hydrogens (tertiary/aromatic N) is 1. The largest absolute Gasteiger partial charge is 0.457 e. The SMILES string of the molecule is CNC(=O)c1cc(Oc2ccc(NC(=O)Nc3ccc(F)c(C)c3)c(F)c2)ccn1. The van der Waals surface area contributed by atoms with Gasteiger partial charge in [-0.3, -0.25) is 9.78 Å². The van der Waals surface area contributed by atoms with Crippen molar-refractivity contribution in [1.82, 2.24) is 10.3 Å². The lowest BCUT2D eigenvalue weighted by Gasteiger charge is -2.11. The number of carbonyl (C=O) groups is 2. The van der Waals surface area contributed by atoms with Crippen LogP contribution in [0.3, 0.4) is 0 Å². The van der Waals surface area contributed by atoms with Gasteiger partial charge in [-0.2, -0.15) is 0 Å². The summed E-state index contributed by atoms with van der Waals surface area (Å²) in [6.07, 6.45) is 1.40. The van der Waals surface area contributed by atoms with Crippen LogP contribution in [-0.4, -0.2) is 24.0 Å². The molecule has 1 aromatic heterocycles. The van der Waals surface area contributed by atoms with E-state index in [1.54, 1.807) is 6.92 Å². The maximum Gasteiger partial charge on any atom is 0.323 e. The number of hydrogen-bond donors (Lipinski definition) is 3. The van der Waals surface area contributed by atoms with Gasteiger partial charge in [0.15, 0.2) is 0 Å². The van der Waals surface area contributed by atoms with Crippen LogP contribution in [0.25, 0.3) is 0 Å². The average molecular weight is 412 g/mol. The molecule has 154 valence electrons. The predicted octanol–water partition coefficient (Wildman–Crippen LogP) is 4.46. The smallest absolute Gasteiger partial charge is 0.323 e. The first kappa shape index (κ1) is 20.7. The van der Waals surface area contributed by atoms with E-state index in [0.29, 0.717) is 17.0 Å². The van der Waals surface area contributed by atoms with Crippen molar-refractivity contribution in [2.24, 2.45) is 0 Å². The molecule has 0 spiro atoms. The van der Waals surface area contributed by atoms with Crippen LogP contribution < -0.4 is 20.7 Å². The molecule has 0 unspecified atom stereocenters. The van der Waals surface area contributed by atoms with Crippen LogP contribution in [0.4, 0.5) is 25.0 Å². The minimum absolute atomic E-state index is 0.0699. The van der Waals surface area contributed by atoms with Gasteiger partial charge in [0, 0.05) is 31.1 Å². The van der Waals surface area contributed by atoms with Crippen LogP contribution in [0, 0.1) is 18.6 Å². The molecule has 0 saturated heterocycles. The summed E-state index contributed by atoms with van der Waals surface area (Å²) in [5, 5.41) is 7.33. The number of benzene rings is 2. The fourth-order valence-electron chi connectivity index (χ4n) is 2.53. The molecule has 9 heteroatoms. The summed E-state index contributed by atoms with van der Waals surface area (Å²) in [7, 11) is 1.48. The van der Waals surface area contributed by atoms with E-state index in [1.165, 1.54) is 55.7 Å². The van der Waals surface area contributed by atoms with Crippen LogP contribution in [0.2, 0.25) is 0 Å². The van der Waals surface area contributed by atoms with E-state index in [-0.39, 0.29) is 28.9 Å². The quantitative estimate of drug-likeness (QED) is 0.577. The fourth-order valence-corrected chi connectivity index (χ4v) is 2.53. The zero-order chi connectivity index (χ0) is 21.7. The third-order valence-corrected chi connectivity index (χ3v) is 4.03. The Morgan fingerprint density at radius 3 is 2.40 bits per heavy atom. The van der Waals surface area contributed by atoms with Gasteiger partial charge in [-0.25, -0.2) is 13.6 Å². The number of carbonyl (C=O) groups excluding carboxylic acids is 2. The molecule has 7 nitrogen and oxygen atoms in total. The number of ether oxygens (including phenoxy) is 1. The maximum atomic E-state index is 14.4. The van der Waals surface area contributed by atoms with Gasteiger partial charge in [0.2, 0.25) is 0 Å². The van der Waals surface area contributed by atoms with Gasteiger partial charge in [-0.15, -0.1) is 0 Å². The summed E-state index contributed by atoms with van der Waals surface area (Å²) >= 11 is 0. The second-order valence-corrected chi connectivity index (χ2v) is 6.24. The topological polar surface area (TPSA) is 92.4 Å². The van der Waals surface area contributed by atoms with E-state index >= 15 is 0 Å². The van der Waals surface area contributed by atoms with Gasteiger partial charge < -0.3 is 20.7 Å². The molecule has 0 saturated carbocycles. The number of urea groups is 1. The van der Waals surface area contributed by atoms with Gasteiger partial charge in [0.05, 0.1) is 5.69 Å². The Kier molecular flexibility index (Phi) is 6.21. The highest BCUT2D eigenvalue weighted by molar-refractivity contribution is 5.99. The number of anilines is 2. The van der Waals surface area contributed by atoms with Crippen LogP contribution in [0.15, 0.2) is 54.7 Å². The molecule has 3 rings (SSSR count). The third-order valence-electron chi connectivity index (χ3n) is 4.03. The van der Waals surface area contributed by atoms with Crippen LogP contribution in [0.5, 0.6) is 11.5 Å². The first-order valence-electron chi connectivity index (χ1n) is 8.85. The van der Waals surface area contributed by atoms with E-state index in [1.807, 2.05) is 0 Å². The molecule has 3 aromatic rings. The molecule has 0 aliphatic heterocycles. The van der Waals surface area contributed by atoms with Crippen molar-refractivity contribution in [2.75, 3.05) is 17.7 Å². The van der Waals surface area contributed by atoms with Crippen LogP contribution in [0.1, 0.15) is 16.1 Å². The molecule has 30 heavy (non-hydrogen) atoms. The predicted molar refractivity (Wildman–Crippen MR) is 108 cm³/mol. The number of halogens is 2. The molecule has 3 N–H and O–H groups in total. The third kappa shape index (κ3) is 5.07. The van der Waals surface area contributed by atoms with E-state index in [2.05, 4.69) is 20.9 Å². The van der Waals surface area contributed by atoms with Crippen LogP contribution in [-0.2, 0) is 0 Å². The zero-order valence-corrected chi connectivity index (χ0v) is 16.1. The highest BCUT2D eigenvalue weighted by Gasteiger charge is 2.11. The lowest BCUT2D eigenvalue weighted by Crippen LogP contribution is -2.20. The van der Waals surface area contributed by atoms with Gasteiger partial charge in [0.25, 0.3) is 5.91 Å². The van der Waals surface area contributed by atoms with Crippen molar-refractivity contribution in [2.45, 2.75) is 6.92 Å². The minimum atomic E-state index is -0.724. The normalized spacial score (nSPS) is 10.3. The molecule has 0 radical (unpaired) electrons. The summed E-state index contributed by atoms with van der Waals surface area (Å²) in [6.45, 7) is 1.57. The maximum absolute atomic E-state index is 14.4. The van der Waals surface area contributed by atoms with Crippen LogP contribution >= 0.6 is 0 Å². The molecule has 3 amide bonds. The van der Waals surface area contributed by atoms with E-state index < -0.39 is 11.8 Å². The Morgan fingerprint density at radius 1 is 0.933 bits per heavy atom. The number of pyridine rings is 1. The summed E-state index contributed by atoms with van der Waals surface area (Å²) in [6, 6.07) is 10.2. The molecule has 0 atom stereocenters. The Bertz CT molecular complexity index is 1110. The second kappa shape index (κ2) is 8.99. The standard InChI is InChI=1S/C21H18F2N4O3/c1-12-9-13(3-5-16(12)22)26-21(29)27-18-6-4-14(10-17(18)23)30-15-7-8-25-19(11-15)20(28)24-2/h3-11H,1-2H3,(H,24,28)(H2,26,27,29). The van der Waals surface area contributed by atoms with Crippen molar-refractivity contribution >= 4 is 23.3 Å². The van der Waals surface area contributed by atoms with E-state index in [4.69, 9.17) is 4.74 Å². The molecule has 0 bridgehead atoms. The van der Waals surface area contributed by atoms with E-state index in [9.17, 15) is 18.4 Å². The second-order valence-electron chi connectivity index (χ2n) is 6.24. The van der Waals surface area contributed by atoms with Gasteiger partial charge in [-0.05, 0) is 48.9 Å². The minimum Gasteiger partial charge on any atom is -0.457 e. The van der Waals surface area contributed by atoms with Gasteiger partial charge in [0.1, 0.15) is 28.8 Å². The Balaban J connectivity index is 1.67. The van der Waals surface area contributed by atoms with Crippen molar-refractivity contribution in [3.8, 4) is 11.5 Å². The van der Waals surface area contributed by atoms with Crippen molar-refractivity contribution < 1.29 is 23.1 Å². The summed E-state index contributed by atoms with van der Waals surface area (Å²) in [5.41, 5.74) is 0.827. The molecular weight excluding hydrogens is 394 g/mol. The number of nitrogens with one attached hydrogen (secondary N) is 3. The fraction of sp³-hybridized carbons (Fsp3) is 0.0952. The lowest BCUT2D eigenvalue weighted by molar-refractivity contribution is 0.0958. The Hall–Kier alpha value is -4.01. The van der Waals surface area contributed by atoms with E-state index in [0.717, 1.165) is 6.07 Å². The summed E-state index contributed by atoms with van der Waals surface area (Å²) in [5.74, 6) is -1.03. The lowest BCUT2D eigenvalue weighted by atomic mass is 10.2. The Labute approximate surface area is 171 Å². The summed E-state index contributed by atoms with van der Waals surface area (Å²) < 4.78 is 33.2. The first-order valence-corrected chi connectivity index (χ1v) is 8.85. The molecular formula is C21H18F2N4O3. The number of aromatic nitrogens is 1. The van der Waals surface area contributed by atoms with Crippen molar-refractivity contribution in [3.05, 3.63) is 77.6 Å². The highest BCUT2D eigenvalue weighted by atomic mass is 19.1. The number of amides is 3.